The molecule has 0 saturated heterocycles. The van der Waals surface area contributed by atoms with Gasteiger partial charge < -0.3 is 34.8 Å². The highest BCUT2D eigenvalue weighted by Crippen LogP contribution is 2.42. The zero-order valence-corrected chi connectivity index (χ0v) is 30.3. The summed E-state index contributed by atoms with van der Waals surface area (Å²) < 4.78 is 18.9. The summed E-state index contributed by atoms with van der Waals surface area (Å²) in [7, 11) is 0. The van der Waals surface area contributed by atoms with Gasteiger partial charge in [0.1, 0.15) is 37.1 Å². The maximum absolute atomic E-state index is 10.7. The molecule has 8 aliphatic rings. The standard InChI is InChI=1S/C47H43NO6/c1-30-2-11-35-12-16-42(30)48-23-31-3-5-32(6-4-31)27-52-44-18-14-37(21-40(44)25-50)47-38-15-19-45(41(22-38)26-51)54-29-34-9-7-33(8-10-34)28-53-43-17-13-36(46(35)47)20-39(43)24-49/h3-22,48-51H,2,23-29H2,1H3. The zero-order chi connectivity index (χ0) is 37.0. The minimum atomic E-state index is -0.221. The maximum atomic E-state index is 10.7. The van der Waals surface area contributed by atoms with E-state index in [4.69, 9.17) is 14.2 Å². The molecule has 0 aromatic heterocycles. The highest BCUT2D eigenvalue weighted by Gasteiger charge is 2.22. The van der Waals surface area contributed by atoms with Crippen molar-refractivity contribution in [2.45, 2.75) is 59.5 Å². The van der Waals surface area contributed by atoms with E-state index in [0.29, 0.717) is 66.7 Å². The molecule has 0 unspecified atom stereocenters. The van der Waals surface area contributed by atoms with E-state index in [2.05, 4.69) is 54.7 Å². The van der Waals surface area contributed by atoms with Gasteiger partial charge in [0, 0.05) is 28.9 Å². The van der Waals surface area contributed by atoms with Gasteiger partial charge in [-0.25, -0.2) is 0 Å². The highest BCUT2D eigenvalue weighted by molar-refractivity contribution is 6.06. The number of nitrogens with one attached hydrogen (secondary N) is 1. The Bertz CT molecular complexity index is 2310. The van der Waals surface area contributed by atoms with Gasteiger partial charge in [-0.1, -0.05) is 78.9 Å². The summed E-state index contributed by atoms with van der Waals surface area (Å²) >= 11 is 0. The molecule has 7 heterocycles. The van der Waals surface area contributed by atoms with Crippen molar-refractivity contribution in [1.29, 1.82) is 0 Å². The average Bonchev–Trinajstić information content (AvgIpc) is 3.40. The number of aliphatic hydroxyl groups is 3. The summed E-state index contributed by atoms with van der Waals surface area (Å²) in [5.74, 6) is 1.81. The number of benzene rings is 5. The molecule has 0 spiro atoms. The third kappa shape index (κ3) is 7.34. The van der Waals surface area contributed by atoms with Crippen LogP contribution in [0.25, 0.3) is 11.1 Å². The molecule has 0 amide bonds. The van der Waals surface area contributed by atoms with Gasteiger partial charge in [-0.15, -0.1) is 0 Å². The molecule has 272 valence electrons. The van der Waals surface area contributed by atoms with E-state index >= 15 is 0 Å². The first kappa shape index (κ1) is 35.2. The van der Waals surface area contributed by atoms with Crippen LogP contribution in [0.1, 0.15) is 69.0 Å². The van der Waals surface area contributed by atoms with Crippen molar-refractivity contribution in [3.05, 3.63) is 194 Å². The van der Waals surface area contributed by atoms with Crippen LogP contribution in [0, 0.1) is 0 Å². The van der Waals surface area contributed by atoms with Gasteiger partial charge in [-0.3, -0.25) is 0 Å². The van der Waals surface area contributed by atoms with E-state index in [1.54, 1.807) is 0 Å². The fourth-order valence-electron chi connectivity index (χ4n) is 7.23. The van der Waals surface area contributed by atoms with Crippen LogP contribution in [0.3, 0.4) is 0 Å². The van der Waals surface area contributed by atoms with E-state index in [0.717, 1.165) is 61.4 Å². The molecule has 13 rings (SSSR count). The molecule has 0 fully saturated rings. The summed E-state index contributed by atoms with van der Waals surface area (Å²) in [5.41, 5.74) is 13.8. The number of hydrogen-bond acceptors (Lipinski definition) is 7. The Balaban J connectivity index is 1.40. The van der Waals surface area contributed by atoms with Gasteiger partial charge in [-0.2, -0.15) is 0 Å². The Morgan fingerprint density at radius 3 is 1.39 bits per heavy atom. The summed E-state index contributed by atoms with van der Waals surface area (Å²) in [6.07, 6.45) is 7.24. The van der Waals surface area contributed by atoms with Crippen LogP contribution in [0.2, 0.25) is 0 Å². The summed E-state index contributed by atoms with van der Waals surface area (Å²) in [6.45, 7) is 3.20. The van der Waals surface area contributed by atoms with E-state index in [9.17, 15) is 15.3 Å². The number of ether oxygens (including phenoxy) is 3. The SMILES string of the molecule is CC1=C2C=CC(=CC1)C1=C(c3ccc(c(CO)c3)OCc3ccc(cc3)CN2)c2ccc(c(CO)c2)OCc2ccc(cc2)COc2ccc1cc2CO. The van der Waals surface area contributed by atoms with Crippen molar-refractivity contribution in [2.24, 2.45) is 0 Å². The van der Waals surface area contributed by atoms with Crippen LogP contribution >= 0.6 is 0 Å². The molecule has 0 radical (unpaired) electrons. The van der Waals surface area contributed by atoms with Crippen molar-refractivity contribution in [2.75, 3.05) is 0 Å². The lowest BCUT2D eigenvalue weighted by Gasteiger charge is -2.22. The lowest BCUT2D eigenvalue weighted by Crippen LogP contribution is -2.13. The second-order valence-electron chi connectivity index (χ2n) is 13.9. The van der Waals surface area contributed by atoms with Gasteiger partial charge in [0.05, 0.1) is 19.8 Å². The van der Waals surface area contributed by atoms with Gasteiger partial charge in [0.25, 0.3) is 0 Å². The number of allylic oxidation sites excluding steroid dienone is 6. The molecule has 4 N–H and O–H groups in total. The second-order valence-corrected chi connectivity index (χ2v) is 13.9. The molecule has 12 bridgehead atoms. The minimum absolute atomic E-state index is 0.212. The first-order chi connectivity index (χ1) is 26.5. The molecular formula is C47H43NO6. The zero-order valence-electron chi connectivity index (χ0n) is 30.3. The lowest BCUT2D eigenvalue weighted by atomic mass is 9.83. The highest BCUT2D eigenvalue weighted by atomic mass is 16.5. The van der Waals surface area contributed by atoms with Crippen molar-refractivity contribution < 1.29 is 29.5 Å². The van der Waals surface area contributed by atoms with Gasteiger partial charge in [-0.05, 0) is 117 Å². The van der Waals surface area contributed by atoms with E-state index in [1.807, 2.05) is 78.9 Å². The molecule has 54 heavy (non-hydrogen) atoms. The Morgan fingerprint density at radius 2 is 0.944 bits per heavy atom. The van der Waals surface area contributed by atoms with Gasteiger partial charge in [0.2, 0.25) is 0 Å². The molecule has 7 nitrogen and oxygen atoms in total. The second kappa shape index (κ2) is 15.6. The van der Waals surface area contributed by atoms with E-state index in [1.165, 1.54) is 5.57 Å². The average molecular weight is 718 g/mol. The Labute approximate surface area is 315 Å². The topological polar surface area (TPSA) is 100 Å². The van der Waals surface area contributed by atoms with E-state index < -0.39 is 0 Å². The van der Waals surface area contributed by atoms with Crippen molar-refractivity contribution in [3.8, 4) is 17.2 Å². The fraction of sp³-hybridized carbons (Fsp3) is 0.191. The molecule has 7 heteroatoms. The Morgan fingerprint density at radius 1 is 0.519 bits per heavy atom. The summed E-state index contributed by atoms with van der Waals surface area (Å²) in [4.78, 5) is 0. The third-order valence-corrected chi connectivity index (χ3v) is 10.3. The summed E-state index contributed by atoms with van der Waals surface area (Å²) in [6, 6.07) is 34.3. The smallest absolute Gasteiger partial charge is 0.125 e. The van der Waals surface area contributed by atoms with Gasteiger partial charge in [0.15, 0.2) is 0 Å². The first-order valence-electron chi connectivity index (χ1n) is 18.3. The quantitative estimate of drug-likeness (QED) is 0.149. The molecule has 5 aromatic carbocycles. The molecule has 1 aliphatic carbocycles. The summed E-state index contributed by atoms with van der Waals surface area (Å²) in [5, 5.41) is 35.8. The van der Waals surface area contributed by atoms with Crippen molar-refractivity contribution in [3.63, 3.8) is 0 Å². The van der Waals surface area contributed by atoms with Crippen LogP contribution in [-0.2, 0) is 46.2 Å². The Hall–Kier alpha value is -5.86. The lowest BCUT2D eigenvalue weighted by molar-refractivity contribution is 0.257. The molecule has 0 saturated carbocycles. The molecular weight excluding hydrogens is 675 g/mol. The van der Waals surface area contributed by atoms with Crippen LogP contribution < -0.4 is 19.5 Å². The normalized spacial score (nSPS) is 15.4. The predicted octanol–water partition coefficient (Wildman–Crippen LogP) is 8.44. The maximum Gasteiger partial charge on any atom is 0.125 e. The number of hydrogen-bond donors (Lipinski definition) is 4. The first-order valence-corrected chi connectivity index (χ1v) is 18.3. The number of aliphatic hydroxyl groups excluding tert-OH is 3. The van der Waals surface area contributed by atoms with Crippen molar-refractivity contribution in [1.82, 2.24) is 5.32 Å². The molecule has 7 aliphatic heterocycles. The monoisotopic (exact) mass is 717 g/mol. The van der Waals surface area contributed by atoms with Crippen LogP contribution in [0.15, 0.2) is 138 Å². The molecule has 0 atom stereocenters. The molecule has 5 aromatic rings. The van der Waals surface area contributed by atoms with Crippen LogP contribution in [0.5, 0.6) is 17.2 Å². The fourth-order valence-corrected chi connectivity index (χ4v) is 7.23. The number of rotatable bonds is 3. The van der Waals surface area contributed by atoms with Crippen molar-refractivity contribution >= 4 is 11.1 Å². The van der Waals surface area contributed by atoms with Crippen LogP contribution in [-0.4, -0.2) is 15.3 Å². The van der Waals surface area contributed by atoms with E-state index in [-0.39, 0.29) is 19.8 Å². The minimum Gasteiger partial charge on any atom is -0.489 e. The number of fused-ring (bicyclic) bond motifs is 5. The largest absolute Gasteiger partial charge is 0.489 e. The van der Waals surface area contributed by atoms with Gasteiger partial charge >= 0.3 is 0 Å². The predicted molar refractivity (Wildman–Crippen MR) is 210 cm³/mol. The Kier molecular flexibility index (Phi) is 10.2. The van der Waals surface area contributed by atoms with Crippen LogP contribution in [0.4, 0.5) is 0 Å². The third-order valence-electron chi connectivity index (χ3n) is 10.3.